The number of amides is 1. The maximum absolute atomic E-state index is 11.8. The lowest BCUT2D eigenvalue weighted by molar-refractivity contribution is -0.148. The number of carbonyl (C=O) groups excluding carboxylic acids is 2. The van der Waals surface area contributed by atoms with Crippen molar-refractivity contribution in [3.63, 3.8) is 0 Å². The first-order valence-corrected chi connectivity index (χ1v) is 6.73. The minimum Gasteiger partial charge on any atom is -0.464 e. The van der Waals surface area contributed by atoms with Gasteiger partial charge in [0.2, 0.25) is 5.91 Å². The third kappa shape index (κ3) is 4.65. The van der Waals surface area contributed by atoms with Gasteiger partial charge in [-0.2, -0.15) is 0 Å². The number of esters is 1. The maximum atomic E-state index is 11.8. The molecule has 0 aromatic heterocycles. The van der Waals surface area contributed by atoms with Gasteiger partial charge in [-0.25, -0.2) is 4.79 Å². The van der Waals surface area contributed by atoms with Crippen molar-refractivity contribution in [2.45, 2.75) is 25.9 Å². The highest BCUT2D eigenvalue weighted by Gasteiger charge is 2.24. The van der Waals surface area contributed by atoms with E-state index in [1.807, 2.05) is 31.2 Å². The molecule has 2 atom stereocenters. The Morgan fingerprint density at radius 3 is 2.74 bits per heavy atom. The van der Waals surface area contributed by atoms with E-state index in [-0.39, 0.29) is 12.6 Å². The fraction of sp³-hybridized carbons (Fsp3) is 0.385. The Hall–Kier alpha value is -1.40. The molecule has 19 heavy (non-hydrogen) atoms. The Balaban J connectivity index is 2.64. The minimum atomic E-state index is -1.30. The van der Waals surface area contributed by atoms with Crippen molar-refractivity contribution in [3.05, 3.63) is 34.3 Å². The molecule has 1 aromatic carbocycles. The SMILES string of the molecule is CCOC(=O)C(N)C(=O)NC(C)c1cccc(Br)c1. The number of nitrogens with two attached hydrogens (primary N) is 1. The molecule has 6 heteroatoms. The Kier molecular flexibility index (Phi) is 5.98. The number of rotatable bonds is 5. The van der Waals surface area contributed by atoms with E-state index in [1.54, 1.807) is 6.92 Å². The smallest absolute Gasteiger partial charge is 0.332 e. The van der Waals surface area contributed by atoms with E-state index < -0.39 is 17.9 Å². The van der Waals surface area contributed by atoms with E-state index in [2.05, 4.69) is 21.2 Å². The van der Waals surface area contributed by atoms with Gasteiger partial charge in [-0.15, -0.1) is 0 Å². The van der Waals surface area contributed by atoms with Crippen LogP contribution in [0.4, 0.5) is 0 Å². The average molecular weight is 329 g/mol. The van der Waals surface area contributed by atoms with Gasteiger partial charge in [-0.05, 0) is 31.5 Å². The minimum absolute atomic E-state index is 0.195. The number of hydrogen-bond donors (Lipinski definition) is 2. The zero-order chi connectivity index (χ0) is 14.4. The van der Waals surface area contributed by atoms with Gasteiger partial charge >= 0.3 is 5.97 Å². The number of hydrogen-bond acceptors (Lipinski definition) is 4. The summed E-state index contributed by atoms with van der Waals surface area (Å²) in [5, 5.41) is 2.68. The van der Waals surface area contributed by atoms with Crippen molar-refractivity contribution >= 4 is 27.8 Å². The molecule has 0 saturated heterocycles. The lowest BCUT2D eigenvalue weighted by Gasteiger charge is -2.17. The van der Waals surface area contributed by atoms with Crippen molar-refractivity contribution in [2.75, 3.05) is 6.61 Å². The topological polar surface area (TPSA) is 81.4 Å². The van der Waals surface area contributed by atoms with Crippen molar-refractivity contribution in [1.82, 2.24) is 5.32 Å². The maximum Gasteiger partial charge on any atom is 0.332 e. The van der Waals surface area contributed by atoms with Crippen LogP contribution in [0.15, 0.2) is 28.7 Å². The van der Waals surface area contributed by atoms with Gasteiger partial charge in [-0.3, -0.25) is 4.79 Å². The van der Waals surface area contributed by atoms with Crippen LogP contribution in [0.2, 0.25) is 0 Å². The van der Waals surface area contributed by atoms with E-state index >= 15 is 0 Å². The van der Waals surface area contributed by atoms with Crippen molar-refractivity contribution in [3.8, 4) is 0 Å². The van der Waals surface area contributed by atoms with Crippen LogP contribution in [0.1, 0.15) is 25.5 Å². The van der Waals surface area contributed by atoms with E-state index in [4.69, 9.17) is 10.5 Å². The summed E-state index contributed by atoms with van der Waals surface area (Å²) >= 11 is 3.36. The number of ether oxygens (including phenoxy) is 1. The lowest BCUT2D eigenvalue weighted by Crippen LogP contribution is -2.47. The fourth-order valence-corrected chi connectivity index (χ4v) is 1.92. The van der Waals surface area contributed by atoms with Crippen LogP contribution in [-0.4, -0.2) is 24.5 Å². The van der Waals surface area contributed by atoms with E-state index in [9.17, 15) is 9.59 Å². The van der Waals surface area contributed by atoms with Crippen LogP contribution < -0.4 is 11.1 Å². The summed E-state index contributed by atoms with van der Waals surface area (Å²) in [7, 11) is 0. The molecule has 1 aromatic rings. The van der Waals surface area contributed by atoms with E-state index in [0.717, 1.165) is 10.0 Å². The first kappa shape index (κ1) is 15.7. The number of nitrogens with one attached hydrogen (secondary N) is 1. The fourth-order valence-electron chi connectivity index (χ4n) is 1.50. The number of halogens is 1. The summed E-state index contributed by atoms with van der Waals surface area (Å²) in [6.07, 6.45) is 0. The van der Waals surface area contributed by atoms with Crippen molar-refractivity contribution in [2.24, 2.45) is 5.73 Å². The zero-order valence-corrected chi connectivity index (χ0v) is 12.4. The molecule has 0 aliphatic rings. The van der Waals surface area contributed by atoms with Gasteiger partial charge in [-0.1, -0.05) is 28.1 Å². The monoisotopic (exact) mass is 328 g/mol. The van der Waals surface area contributed by atoms with Crippen LogP contribution in [0.3, 0.4) is 0 Å². The highest BCUT2D eigenvalue weighted by molar-refractivity contribution is 9.10. The number of carbonyl (C=O) groups is 2. The summed E-state index contributed by atoms with van der Waals surface area (Å²) in [5.41, 5.74) is 6.42. The van der Waals surface area contributed by atoms with E-state index in [0.29, 0.717) is 0 Å². The molecule has 1 rings (SSSR count). The third-order valence-electron chi connectivity index (χ3n) is 2.53. The molecular weight excluding hydrogens is 312 g/mol. The molecule has 104 valence electrons. The molecule has 0 aliphatic heterocycles. The summed E-state index contributed by atoms with van der Waals surface area (Å²) in [5.74, 6) is -1.27. The molecular formula is C13H17BrN2O3. The molecule has 0 spiro atoms. The van der Waals surface area contributed by atoms with Gasteiger partial charge in [0, 0.05) is 4.47 Å². The Labute approximate surface area is 120 Å². The highest BCUT2D eigenvalue weighted by atomic mass is 79.9. The normalized spacial score (nSPS) is 13.5. The van der Waals surface area contributed by atoms with Gasteiger partial charge in [0.05, 0.1) is 12.6 Å². The Bertz CT molecular complexity index is 465. The first-order valence-electron chi connectivity index (χ1n) is 5.93. The second-order valence-corrected chi connectivity index (χ2v) is 4.93. The summed E-state index contributed by atoms with van der Waals surface area (Å²) in [4.78, 5) is 23.1. The van der Waals surface area contributed by atoms with Crippen LogP contribution in [-0.2, 0) is 14.3 Å². The van der Waals surface area contributed by atoms with Gasteiger partial charge in [0.25, 0.3) is 0 Å². The second kappa shape index (κ2) is 7.25. The predicted octanol–water partition coefficient (Wildman–Crippen LogP) is 1.52. The average Bonchev–Trinajstić information content (AvgIpc) is 2.37. The molecule has 0 bridgehead atoms. The Morgan fingerprint density at radius 1 is 1.47 bits per heavy atom. The van der Waals surface area contributed by atoms with Gasteiger partial charge < -0.3 is 15.8 Å². The quantitative estimate of drug-likeness (QED) is 0.634. The summed E-state index contributed by atoms with van der Waals surface area (Å²) in [6.45, 7) is 3.67. The molecule has 2 unspecified atom stereocenters. The molecule has 3 N–H and O–H groups in total. The van der Waals surface area contributed by atoms with Crippen LogP contribution in [0.5, 0.6) is 0 Å². The zero-order valence-electron chi connectivity index (χ0n) is 10.9. The third-order valence-corrected chi connectivity index (χ3v) is 3.02. The molecule has 0 aliphatic carbocycles. The number of benzene rings is 1. The van der Waals surface area contributed by atoms with Crippen LogP contribution in [0, 0.1) is 0 Å². The van der Waals surface area contributed by atoms with E-state index in [1.165, 1.54) is 0 Å². The molecule has 0 saturated carbocycles. The summed E-state index contributed by atoms with van der Waals surface area (Å²) < 4.78 is 5.62. The molecule has 0 radical (unpaired) electrons. The summed E-state index contributed by atoms with van der Waals surface area (Å²) in [6, 6.07) is 5.99. The second-order valence-electron chi connectivity index (χ2n) is 4.02. The van der Waals surface area contributed by atoms with Crippen LogP contribution >= 0.6 is 15.9 Å². The molecule has 5 nitrogen and oxygen atoms in total. The lowest BCUT2D eigenvalue weighted by atomic mass is 10.1. The molecule has 1 amide bonds. The van der Waals surface area contributed by atoms with Gasteiger partial charge in [0.1, 0.15) is 0 Å². The highest BCUT2D eigenvalue weighted by Crippen LogP contribution is 2.17. The van der Waals surface area contributed by atoms with Crippen molar-refractivity contribution < 1.29 is 14.3 Å². The van der Waals surface area contributed by atoms with Crippen LogP contribution in [0.25, 0.3) is 0 Å². The molecule has 0 fully saturated rings. The van der Waals surface area contributed by atoms with Crippen molar-refractivity contribution in [1.29, 1.82) is 0 Å². The van der Waals surface area contributed by atoms with Gasteiger partial charge in [0.15, 0.2) is 6.04 Å². The Morgan fingerprint density at radius 2 is 2.16 bits per heavy atom. The first-order chi connectivity index (χ1) is 8.95. The largest absolute Gasteiger partial charge is 0.464 e. The standard InChI is InChI=1S/C13H17BrN2O3/c1-3-19-13(18)11(15)12(17)16-8(2)9-5-4-6-10(14)7-9/h4-8,11H,3,15H2,1-2H3,(H,16,17). The predicted molar refractivity (Wildman–Crippen MR) is 75.3 cm³/mol. The molecule has 0 heterocycles.